The molecule has 0 amide bonds. The molecular weight excluding hydrogens is 383 g/mol. The maximum Gasteiger partial charge on any atom is 0.534 e. The molecule has 1 aromatic carbocycles. The van der Waals surface area contributed by atoms with Crippen LogP contribution in [-0.2, 0) is 16.5 Å². The van der Waals surface area contributed by atoms with Crippen LogP contribution < -0.4 is 4.18 Å². The Kier molecular flexibility index (Phi) is 5.08. The van der Waals surface area contributed by atoms with Crippen LogP contribution in [0, 0.1) is 0 Å². The maximum atomic E-state index is 12.7. The molecule has 27 heavy (non-hydrogen) atoms. The normalized spacial score (nSPS) is 12.0. The summed E-state index contributed by atoms with van der Waals surface area (Å²) in [5.41, 5.74) is -4.24. The molecule has 0 saturated carbocycles. The fourth-order valence-electron chi connectivity index (χ4n) is 2.22. The zero-order valence-corrected chi connectivity index (χ0v) is 14.4. The van der Waals surface area contributed by atoms with Crippen molar-refractivity contribution in [2.45, 2.75) is 11.9 Å². The third-order valence-corrected chi connectivity index (χ3v) is 4.42. The molecule has 0 aliphatic heterocycles. The van der Waals surface area contributed by atoms with Gasteiger partial charge in [-0.2, -0.15) is 21.6 Å². The van der Waals surface area contributed by atoms with Crippen LogP contribution in [0.25, 0.3) is 11.4 Å². The minimum absolute atomic E-state index is 0.132. The number of pyridine rings is 1. The summed E-state index contributed by atoms with van der Waals surface area (Å²) in [4.78, 5) is 11.8. The molecule has 140 valence electrons. The summed E-state index contributed by atoms with van der Waals surface area (Å²) in [5.74, 6) is -0.653. The minimum atomic E-state index is -5.86. The zero-order chi connectivity index (χ0) is 19.5. The molecule has 6 nitrogen and oxygen atoms in total. The first kappa shape index (κ1) is 18.8. The van der Waals surface area contributed by atoms with Crippen LogP contribution in [0.15, 0.2) is 61.1 Å². The van der Waals surface area contributed by atoms with Gasteiger partial charge in [0.05, 0.1) is 11.9 Å². The molecule has 2 heterocycles. The summed E-state index contributed by atoms with van der Waals surface area (Å²) < 4.78 is 65.5. The van der Waals surface area contributed by atoms with Crippen LogP contribution in [0.3, 0.4) is 0 Å². The Morgan fingerprint density at radius 2 is 1.70 bits per heavy atom. The molecule has 0 fully saturated rings. The van der Waals surface area contributed by atoms with E-state index in [1.807, 2.05) is 0 Å². The Morgan fingerprint density at radius 3 is 2.33 bits per heavy atom. The van der Waals surface area contributed by atoms with Gasteiger partial charge in [-0.15, -0.1) is 0 Å². The fraction of sp³-hybridized carbons (Fsp3) is 0.118. The Morgan fingerprint density at radius 1 is 0.963 bits per heavy atom. The van der Waals surface area contributed by atoms with Gasteiger partial charge in [0.1, 0.15) is 5.69 Å². The predicted molar refractivity (Wildman–Crippen MR) is 90.1 cm³/mol. The smallest absolute Gasteiger partial charge is 0.355 e. The number of rotatable bonds is 5. The zero-order valence-electron chi connectivity index (χ0n) is 13.6. The van der Waals surface area contributed by atoms with E-state index in [1.165, 1.54) is 30.7 Å². The van der Waals surface area contributed by atoms with Gasteiger partial charge in [0.2, 0.25) is 5.88 Å². The summed E-state index contributed by atoms with van der Waals surface area (Å²) in [6, 6.07) is 11.7. The van der Waals surface area contributed by atoms with Crippen LogP contribution in [0.2, 0.25) is 0 Å². The summed E-state index contributed by atoms with van der Waals surface area (Å²) in [5, 5.41) is 0. The average molecular weight is 395 g/mol. The third kappa shape index (κ3) is 4.40. The highest BCUT2D eigenvalue weighted by atomic mass is 32.2. The van der Waals surface area contributed by atoms with E-state index in [4.69, 9.17) is 0 Å². The monoisotopic (exact) mass is 395 g/mol. The second-order valence-electron chi connectivity index (χ2n) is 5.40. The summed E-state index contributed by atoms with van der Waals surface area (Å²) in [7, 11) is -5.86. The van der Waals surface area contributed by atoms with Crippen molar-refractivity contribution in [2.75, 3.05) is 0 Å². The van der Waals surface area contributed by atoms with Crippen molar-refractivity contribution >= 4 is 10.1 Å². The number of hydrogen-bond acceptors (Lipinski definition) is 6. The van der Waals surface area contributed by atoms with E-state index in [2.05, 4.69) is 19.1 Å². The van der Waals surface area contributed by atoms with Crippen LogP contribution in [0.5, 0.6) is 5.88 Å². The topological polar surface area (TPSA) is 82.0 Å². The number of hydrogen-bond donors (Lipinski definition) is 0. The van der Waals surface area contributed by atoms with E-state index in [0.29, 0.717) is 0 Å². The summed E-state index contributed by atoms with van der Waals surface area (Å²) in [6.07, 6.45) is 4.28. The number of aromatic nitrogens is 3. The van der Waals surface area contributed by atoms with Crippen LogP contribution in [-0.4, -0.2) is 28.9 Å². The van der Waals surface area contributed by atoms with Crippen LogP contribution in [0.4, 0.5) is 13.2 Å². The quantitative estimate of drug-likeness (QED) is 0.487. The summed E-state index contributed by atoms with van der Waals surface area (Å²) >= 11 is 0. The fourth-order valence-corrected chi connectivity index (χ4v) is 2.66. The standard InChI is InChI=1S/C17H12F3N3O3S/c18-17(19,20)27(24,25)26-16-13(10-12-4-2-1-3-5-12)6-7-14(23-16)15-11-21-8-9-22-15/h1-9,11H,10H2. The molecule has 0 bridgehead atoms. The molecule has 0 radical (unpaired) electrons. The van der Waals surface area contributed by atoms with Crippen molar-refractivity contribution in [3.8, 4) is 17.3 Å². The first-order chi connectivity index (χ1) is 12.8. The largest absolute Gasteiger partial charge is 0.534 e. The van der Waals surface area contributed by atoms with Gasteiger partial charge in [0.25, 0.3) is 0 Å². The van der Waals surface area contributed by atoms with Gasteiger partial charge in [0, 0.05) is 24.4 Å². The minimum Gasteiger partial charge on any atom is -0.355 e. The van der Waals surface area contributed by atoms with Crippen molar-refractivity contribution in [3.05, 3.63) is 72.2 Å². The van der Waals surface area contributed by atoms with Gasteiger partial charge in [-0.3, -0.25) is 9.97 Å². The van der Waals surface area contributed by atoms with E-state index in [0.717, 1.165) is 5.56 Å². The highest BCUT2D eigenvalue weighted by Gasteiger charge is 2.49. The van der Waals surface area contributed by atoms with Gasteiger partial charge in [0.15, 0.2) is 0 Å². The van der Waals surface area contributed by atoms with E-state index in [1.54, 1.807) is 30.3 Å². The maximum absolute atomic E-state index is 12.7. The first-order valence-electron chi connectivity index (χ1n) is 7.57. The van der Waals surface area contributed by atoms with Crippen molar-refractivity contribution in [1.29, 1.82) is 0 Å². The Hall–Kier alpha value is -3.01. The molecular formula is C17H12F3N3O3S. The van der Waals surface area contributed by atoms with Gasteiger partial charge in [-0.1, -0.05) is 36.4 Å². The Balaban J connectivity index is 2.05. The number of nitrogens with zero attached hydrogens (tertiary/aromatic N) is 3. The van der Waals surface area contributed by atoms with Gasteiger partial charge in [-0.25, -0.2) is 4.98 Å². The molecule has 3 aromatic rings. The van der Waals surface area contributed by atoms with E-state index >= 15 is 0 Å². The van der Waals surface area contributed by atoms with Crippen molar-refractivity contribution < 1.29 is 25.8 Å². The molecule has 0 atom stereocenters. The lowest BCUT2D eigenvalue weighted by atomic mass is 10.1. The number of halogens is 3. The lowest BCUT2D eigenvalue weighted by Crippen LogP contribution is -2.28. The molecule has 2 aromatic heterocycles. The van der Waals surface area contributed by atoms with Crippen molar-refractivity contribution in [1.82, 2.24) is 15.0 Å². The molecule has 0 aliphatic carbocycles. The first-order valence-corrected chi connectivity index (χ1v) is 8.98. The molecule has 0 N–H and O–H groups in total. The van der Waals surface area contributed by atoms with Crippen LogP contribution >= 0.6 is 0 Å². The summed E-state index contributed by atoms with van der Waals surface area (Å²) in [6.45, 7) is 0. The highest BCUT2D eigenvalue weighted by molar-refractivity contribution is 7.87. The van der Waals surface area contributed by atoms with E-state index in [-0.39, 0.29) is 23.4 Å². The molecule has 0 spiro atoms. The lowest BCUT2D eigenvalue weighted by molar-refractivity contribution is -0.0501. The van der Waals surface area contributed by atoms with Gasteiger partial charge in [-0.05, 0) is 11.6 Å². The van der Waals surface area contributed by atoms with Gasteiger partial charge >= 0.3 is 15.6 Å². The molecule has 0 saturated heterocycles. The second-order valence-corrected chi connectivity index (χ2v) is 6.93. The van der Waals surface area contributed by atoms with Crippen LogP contribution in [0.1, 0.15) is 11.1 Å². The van der Waals surface area contributed by atoms with E-state index in [9.17, 15) is 21.6 Å². The molecule has 3 rings (SSSR count). The average Bonchev–Trinajstić information content (AvgIpc) is 2.63. The highest BCUT2D eigenvalue weighted by Crippen LogP contribution is 2.30. The van der Waals surface area contributed by atoms with E-state index < -0.39 is 21.5 Å². The molecule has 10 heteroatoms. The predicted octanol–water partition coefficient (Wildman–Crippen LogP) is 3.36. The Labute approximate surface area is 152 Å². The number of benzene rings is 1. The number of alkyl halides is 3. The lowest BCUT2D eigenvalue weighted by Gasteiger charge is -2.13. The van der Waals surface area contributed by atoms with Gasteiger partial charge < -0.3 is 4.18 Å². The second kappa shape index (κ2) is 7.31. The molecule has 0 unspecified atom stereocenters. The SMILES string of the molecule is O=S(=O)(Oc1nc(-c2cnccn2)ccc1Cc1ccccc1)C(F)(F)F. The molecule has 0 aliphatic rings. The Bertz CT molecular complexity index is 1030. The van der Waals surface area contributed by atoms with Crippen molar-refractivity contribution in [2.24, 2.45) is 0 Å². The third-order valence-electron chi connectivity index (χ3n) is 3.47. The van der Waals surface area contributed by atoms with Crippen molar-refractivity contribution in [3.63, 3.8) is 0 Å².